The van der Waals surface area contributed by atoms with Gasteiger partial charge < -0.3 is 9.84 Å². The second-order valence-electron chi connectivity index (χ2n) is 5.00. The number of rotatable bonds is 7. The minimum absolute atomic E-state index is 0.0247. The molecular weight excluding hydrogens is 302 g/mol. The van der Waals surface area contributed by atoms with E-state index in [4.69, 9.17) is 9.84 Å². The van der Waals surface area contributed by atoms with Gasteiger partial charge in [0.25, 0.3) is 0 Å². The lowest BCUT2D eigenvalue weighted by molar-refractivity contribution is -0.143. The molecule has 1 unspecified atom stereocenters. The first-order valence-corrected chi connectivity index (χ1v) is 7.71. The van der Waals surface area contributed by atoms with Crippen molar-refractivity contribution in [2.24, 2.45) is 5.92 Å². The molecule has 0 radical (unpaired) electrons. The van der Waals surface area contributed by atoms with E-state index in [1.54, 1.807) is 7.11 Å². The fourth-order valence-corrected chi connectivity index (χ4v) is 2.89. The minimum Gasteiger partial charge on any atom is -0.496 e. The number of benzene rings is 1. The zero-order chi connectivity index (χ0) is 16.1. The molecule has 116 valence electrons. The maximum Gasteiger partial charge on any atom is 0.306 e. The Kier molecular flexibility index (Phi) is 5.27. The van der Waals surface area contributed by atoms with Crippen LogP contribution in [-0.4, -0.2) is 29.0 Å². The molecule has 2 aromatic rings. The molecule has 0 aliphatic heterocycles. The normalized spacial score (nSPS) is 11.9. The summed E-state index contributed by atoms with van der Waals surface area (Å²) in [7, 11) is 1.60. The number of aromatic nitrogens is 1. The summed E-state index contributed by atoms with van der Waals surface area (Å²) in [6.07, 6.45) is 0.181. The molecule has 0 saturated carbocycles. The molecule has 0 aliphatic rings. The van der Waals surface area contributed by atoms with Gasteiger partial charge in [0.05, 0.1) is 24.3 Å². The van der Waals surface area contributed by atoms with Crippen LogP contribution < -0.4 is 4.74 Å². The first-order valence-electron chi connectivity index (χ1n) is 6.83. The van der Waals surface area contributed by atoms with Crippen molar-refractivity contribution in [1.29, 1.82) is 0 Å². The number of carboxylic acid groups (broad SMARTS) is 1. The lowest BCUT2D eigenvalue weighted by Crippen LogP contribution is -2.16. The molecule has 0 spiro atoms. The molecule has 22 heavy (non-hydrogen) atoms. The molecule has 1 aromatic carbocycles. The number of nitrogens with zero attached hydrogens (tertiary/aromatic N) is 1. The summed E-state index contributed by atoms with van der Waals surface area (Å²) in [6, 6.07) is 7.55. The zero-order valence-electron chi connectivity index (χ0n) is 12.4. The minimum atomic E-state index is -0.957. The number of carboxylic acids is 1. The molecule has 1 atom stereocenters. The Morgan fingerprint density at radius 1 is 1.36 bits per heavy atom. The summed E-state index contributed by atoms with van der Waals surface area (Å²) in [5, 5.41) is 11.4. The van der Waals surface area contributed by atoms with Gasteiger partial charge in [-0.3, -0.25) is 9.59 Å². The third-order valence-corrected chi connectivity index (χ3v) is 4.15. The van der Waals surface area contributed by atoms with E-state index in [0.717, 1.165) is 16.3 Å². The van der Waals surface area contributed by atoms with Crippen LogP contribution in [0.1, 0.15) is 19.0 Å². The number of carbonyl (C=O) groups is 2. The monoisotopic (exact) mass is 319 g/mol. The summed E-state index contributed by atoms with van der Waals surface area (Å²) in [5.41, 5.74) is 1.54. The highest BCUT2D eigenvalue weighted by molar-refractivity contribution is 7.13. The molecule has 0 aliphatic carbocycles. The first-order chi connectivity index (χ1) is 10.5. The van der Waals surface area contributed by atoms with Crippen molar-refractivity contribution >= 4 is 23.1 Å². The number of thiazole rings is 1. The van der Waals surface area contributed by atoms with E-state index in [-0.39, 0.29) is 18.6 Å². The van der Waals surface area contributed by atoms with Gasteiger partial charge in [-0.1, -0.05) is 19.1 Å². The van der Waals surface area contributed by atoms with Crippen LogP contribution in [0.25, 0.3) is 10.6 Å². The van der Waals surface area contributed by atoms with E-state index in [9.17, 15) is 9.59 Å². The molecule has 1 N–H and O–H groups in total. The van der Waals surface area contributed by atoms with Gasteiger partial charge in [-0.05, 0) is 12.1 Å². The van der Waals surface area contributed by atoms with Gasteiger partial charge in [-0.2, -0.15) is 0 Å². The number of ether oxygens (including phenoxy) is 1. The van der Waals surface area contributed by atoms with Crippen LogP contribution in [0.2, 0.25) is 0 Å². The van der Waals surface area contributed by atoms with Crippen molar-refractivity contribution in [1.82, 2.24) is 4.98 Å². The Hall–Kier alpha value is -2.21. The van der Waals surface area contributed by atoms with E-state index in [1.807, 2.05) is 29.6 Å². The van der Waals surface area contributed by atoms with E-state index in [1.165, 1.54) is 18.3 Å². The molecule has 1 heterocycles. The topological polar surface area (TPSA) is 76.5 Å². The number of hydrogen-bond acceptors (Lipinski definition) is 5. The average Bonchev–Trinajstić information content (AvgIpc) is 2.95. The van der Waals surface area contributed by atoms with Crippen LogP contribution in [0.3, 0.4) is 0 Å². The predicted octanol–water partition coefficient (Wildman–Crippen LogP) is 3.04. The zero-order valence-corrected chi connectivity index (χ0v) is 13.2. The van der Waals surface area contributed by atoms with Crippen molar-refractivity contribution in [2.45, 2.75) is 19.8 Å². The number of Topliss-reactive ketones (excluding diaryl/α,β-unsaturated/α-hetero) is 1. The third kappa shape index (κ3) is 3.92. The highest BCUT2D eigenvalue weighted by Crippen LogP contribution is 2.32. The largest absolute Gasteiger partial charge is 0.496 e. The van der Waals surface area contributed by atoms with Crippen LogP contribution in [-0.2, 0) is 16.0 Å². The highest BCUT2D eigenvalue weighted by atomic mass is 32.1. The Morgan fingerprint density at radius 3 is 2.77 bits per heavy atom. The van der Waals surface area contributed by atoms with Crippen LogP contribution in [0.4, 0.5) is 0 Å². The maximum absolute atomic E-state index is 11.9. The molecule has 0 amide bonds. The number of aliphatic carboxylic acids is 1. The number of ketones is 1. The molecule has 0 fully saturated rings. The predicted molar refractivity (Wildman–Crippen MR) is 84.2 cm³/mol. The van der Waals surface area contributed by atoms with Gasteiger partial charge in [0.1, 0.15) is 16.5 Å². The van der Waals surface area contributed by atoms with E-state index < -0.39 is 11.9 Å². The molecular formula is C16H17NO4S. The van der Waals surface area contributed by atoms with Crippen molar-refractivity contribution in [3.05, 3.63) is 35.3 Å². The fraction of sp³-hybridized carbons (Fsp3) is 0.312. The maximum atomic E-state index is 11.9. The van der Waals surface area contributed by atoms with Crippen LogP contribution in [0.15, 0.2) is 29.6 Å². The first kappa shape index (κ1) is 16.2. The summed E-state index contributed by atoms with van der Waals surface area (Å²) < 4.78 is 5.30. The van der Waals surface area contributed by atoms with Gasteiger partial charge in [-0.25, -0.2) is 4.98 Å². The van der Waals surface area contributed by atoms with Crippen LogP contribution in [0, 0.1) is 5.92 Å². The summed E-state index contributed by atoms with van der Waals surface area (Å²) in [5.74, 6) is -1.01. The molecule has 1 aromatic heterocycles. The number of hydrogen-bond donors (Lipinski definition) is 1. The molecule has 6 heteroatoms. The van der Waals surface area contributed by atoms with Gasteiger partial charge in [0.15, 0.2) is 0 Å². The van der Waals surface area contributed by atoms with E-state index in [2.05, 4.69) is 4.98 Å². The molecule has 2 rings (SSSR count). The van der Waals surface area contributed by atoms with Crippen LogP contribution in [0.5, 0.6) is 5.75 Å². The van der Waals surface area contributed by atoms with Crippen molar-refractivity contribution in [3.63, 3.8) is 0 Å². The van der Waals surface area contributed by atoms with E-state index >= 15 is 0 Å². The number of carbonyl (C=O) groups excluding carboxylic acids is 1. The fourth-order valence-electron chi connectivity index (χ4n) is 2.04. The average molecular weight is 319 g/mol. The standard InChI is InChI=1S/C16H17NO4S/c1-10(16(19)20)7-12(18)8-11-9-22-15(17-11)13-5-3-4-6-14(13)21-2/h3-6,9-10H,7-8H2,1-2H3,(H,19,20). The van der Waals surface area contributed by atoms with E-state index in [0.29, 0.717) is 5.69 Å². The van der Waals surface area contributed by atoms with Gasteiger partial charge in [-0.15, -0.1) is 11.3 Å². The quantitative estimate of drug-likeness (QED) is 0.849. The lowest BCUT2D eigenvalue weighted by Gasteiger charge is -2.05. The Labute approximate surface area is 132 Å². The second kappa shape index (κ2) is 7.17. The summed E-state index contributed by atoms with van der Waals surface area (Å²) in [6.45, 7) is 1.53. The van der Waals surface area contributed by atoms with Crippen molar-refractivity contribution in [2.75, 3.05) is 7.11 Å². The smallest absolute Gasteiger partial charge is 0.306 e. The Balaban J connectivity index is 2.09. The van der Waals surface area contributed by atoms with Crippen molar-refractivity contribution in [3.8, 4) is 16.3 Å². The van der Waals surface area contributed by atoms with Gasteiger partial charge in [0, 0.05) is 18.2 Å². The molecule has 0 bridgehead atoms. The van der Waals surface area contributed by atoms with Crippen LogP contribution >= 0.6 is 11.3 Å². The van der Waals surface area contributed by atoms with Gasteiger partial charge in [0.2, 0.25) is 0 Å². The molecule has 5 nitrogen and oxygen atoms in total. The Bertz CT molecular complexity index is 680. The SMILES string of the molecule is COc1ccccc1-c1nc(CC(=O)CC(C)C(=O)O)cs1. The number of para-hydroxylation sites is 1. The summed E-state index contributed by atoms with van der Waals surface area (Å²) in [4.78, 5) is 27.1. The third-order valence-electron chi connectivity index (χ3n) is 3.22. The van der Waals surface area contributed by atoms with Gasteiger partial charge >= 0.3 is 5.97 Å². The van der Waals surface area contributed by atoms with Crippen molar-refractivity contribution < 1.29 is 19.4 Å². The lowest BCUT2D eigenvalue weighted by atomic mass is 10.0. The molecule has 0 saturated heterocycles. The Morgan fingerprint density at radius 2 is 2.09 bits per heavy atom. The summed E-state index contributed by atoms with van der Waals surface area (Å²) >= 11 is 1.44. The second-order valence-corrected chi connectivity index (χ2v) is 5.86. The number of methoxy groups -OCH3 is 1. The highest BCUT2D eigenvalue weighted by Gasteiger charge is 2.17.